The molecule has 0 aromatic heterocycles. The Morgan fingerprint density at radius 1 is 1.19 bits per heavy atom. The van der Waals surface area contributed by atoms with Gasteiger partial charge in [-0.1, -0.05) is 6.07 Å². The number of hydrogen-bond donors (Lipinski definition) is 2. The molecule has 0 spiro atoms. The molecule has 1 aliphatic rings. The topological polar surface area (TPSA) is 75.4 Å². The van der Waals surface area contributed by atoms with Gasteiger partial charge in [0.1, 0.15) is 0 Å². The van der Waals surface area contributed by atoms with Gasteiger partial charge in [0.05, 0.1) is 6.54 Å². The Morgan fingerprint density at radius 2 is 1.76 bits per heavy atom. The second kappa shape index (κ2) is 6.72. The zero-order chi connectivity index (χ0) is 15.4. The first-order valence-electron chi connectivity index (χ1n) is 7.34. The van der Waals surface area contributed by atoms with Gasteiger partial charge in [-0.3, -0.25) is 14.5 Å². The smallest absolute Gasteiger partial charge is 0.238 e. The highest BCUT2D eigenvalue weighted by atomic mass is 16.2. The van der Waals surface area contributed by atoms with Crippen molar-refractivity contribution in [2.45, 2.75) is 26.7 Å². The molecule has 0 atom stereocenters. The van der Waals surface area contributed by atoms with Crippen LogP contribution in [0.3, 0.4) is 0 Å². The van der Waals surface area contributed by atoms with Crippen LogP contribution >= 0.6 is 0 Å². The fourth-order valence-corrected chi connectivity index (χ4v) is 2.83. The van der Waals surface area contributed by atoms with E-state index >= 15 is 0 Å². The molecule has 1 saturated heterocycles. The molecule has 0 saturated carbocycles. The fraction of sp³-hybridized carbons (Fsp3) is 0.500. The van der Waals surface area contributed by atoms with Crippen molar-refractivity contribution in [2.24, 2.45) is 11.7 Å². The number of aryl methyl sites for hydroxylation is 2. The van der Waals surface area contributed by atoms with Gasteiger partial charge in [0.25, 0.3) is 0 Å². The van der Waals surface area contributed by atoms with Gasteiger partial charge in [-0.2, -0.15) is 0 Å². The third-order valence-electron chi connectivity index (χ3n) is 3.86. The third-order valence-corrected chi connectivity index (χ3v) is 3.86. The molecule has 0 unspecified atom stereocenters. The van der Waals surface area contributed by atoms with Crippen LogP contribution < -0.4 is 11.1 Å². The molecule has 114 valence electrons. The largest absolute Gasteiger partial charge is 0.369 e. The van der Waals surface area contributed by atoms with Crippen LogP contribution in [0.2, 0.25) is 0 Å². The Morgan fingerprint density at radius 3 is 2.29 bits per heavy atom. The summed E-state index contributed by atoms with van der Waals surface area (Å²) in [5.41, 5.74) is 8.41. The lowest BCUT2D eigenvalue weighted by Crippen LogP contribution is -2.42. The average molecular weight is 289 g/mol. The number of primary amides is 1. The van der Waals surface area contributed by atoms with E-state index in [9.17, 15) is 9.59 Å². The number of rotatable bonds is 4. The van der Waals surface area contributed by atoms with E-state index < -0.39 is 0 Å². The number of nitrogens with one attached hydrogen (secondary N) is 1. The number of anilines is 1. The number of hydrogen-bond acceptors (Lipinski definition) is 3. The zero-order valence-electron chi connectivity index (χ0n) is 12.7. The van der Waals surface area contributed by atoms with Crippen LogP contribution in [-0.2, 0) is 9.59 Å². The number of nitrogens with two attached hydrogens (primary N) is 1. The van der Waals surface area contributed by atoms with Crippen molar-refractivity contribution in [3.63, 3.8) is 0 Å². The normalized spacial score (nSPS) is 16.7. The summed E-state index contributed by atoms with van der Waals surface area (Å²) in [6.07, 6.45) is 1.48. The van der Waals surface area contributed by atoms with Crippen molar-refractivity contribution >= 4 is 17.5 Å². The summed E-state index contributed by atoms with van der Waals surface area (Å²) >= 11 is 0. The number of carbonyl (C=O) groups is 2. The zero-order valence-corrected chi connectivity index (χ0v) is 12.7. The van der Waals surface area contributed by atoms with Gasteiger partial charge >= 0.3 is 0 Å². The van der Waals surface area contributed by atoms with Gasteiger partial charge in [-0.15, -0.1) is 0 Å². The van der Waals surface area contributed by atoms with E-state index in [1.54, 1.807) is 0 Å². The lowest BCUT2D eigenvalue weighted by atomic mass is 9.96. The molecule has 2 rings (SSSR count). The second-order valence-electron chi connectivity index (χ2n) is 5.88. The van der Waals surface area contributed by atoms with E-state index in [-0.39, 0.29) is 17.7 Å². The maximum atomic E-state index is 12.1. The maximum absolute atomic E-state index is 12.1. The summed E-state index contributed by atoms with van der Waals surface area (Å²) in [5, 5.41) is 2.93. The van der Waals surface area contributed by atoms with Crippen molar-refractivity contribution < 1.29 is 9.59 Å². The van der Waals surface area contributed by atoms with E-state index in [2.05, 4.69) is 16.3 Å². The Bertz CT molecular complexity index is 514. The molecule has 1 aromatic carbocycles. The second-order valence-corrected chi connectivity index (χ2v) is 5.88. The van der Waals surface area contributed by atoms with Crippen LogP contribution in [0.5, 0.6) is 0 Å². The van der Waals surface area contributed by atoms with E-state index in [1.165, 1.54) is 0 Å². The maximum Gasteiger partial charge on any atom is 0.238 e. The summed E-state index contributed by atoms with van der Waals surface area (Å²) in [6, 6.07) is 6.00. The molecular weight excluding hydrogens is 266 g/mol. The number of benzene rings is 1. The minimum Gasteiger partial charge on any atom is -0.369 e. The molecule has 0 aliphatic carbocycles. The molecular formula is C16H23N3O2. The fourth-order valence-electron chi connectivity index (χ4n) is 2.83. The quantitative estimate of drug-likeness (QED) is 0.880. The number of likely N-dealkylation sites (tertiary alicyclic amines) is 1. The monoisotopic (exact) mass is 289 g/mol. The predicted molar refractivity (Wildman–Crippen MR) is 82.9 cm³/mol. The molecule has 5 heteroatoms. The van der Waals surface area contributed by atoms with E-state index in [0.717, 1.165) is 42.7 Å². The van der Waals surface area contributed by atoms with E-state index in [4.69, 9.17) is 5.73 Å². The van der Waals surface area contributed by atoms with Crippen molar-refractivity contribution in [1.29, 1.82) is 0 Å². The number of piperidine rings is 1. The Kier molecular flexibility index (Phi) is 4.96. The highest BCUT2D eigenvalue weighted by Crippen LogP contribution is 2.17. The first-order chi connectivity index (χ1) is 9.94. The molecule has 2 amide bonds. The Hall–Kier alpha value is -1.88. The molecule has 1 heterocycles. The van der Waals surface area contributed by atoms with Crippen molar-refractivity contribution in [3.05, 3.63) is 29.3 Å². The highest BCUT2D eigenvalue weighted by Gasteiger charge is 2.24. The van der Waals surface area contributed by atoms with Gasteiger partial charge in [-0.25, -0.2) is 0 Å². The first kappa shape index (κ1) is 15.5. The van der Waals surface area contributed by atoms with Crippen molar-refractivity contribution in [3.8, 4) is 0 Å². The average Bonchev–Trinajstić information content (AvgIpc) is 2.37. The van der Waals surface area contributed by atoms with Gasteiger partial charge in [-0.05, 0) is 63.0 Å². The number of carbonyl (C=O) groups excluding carboxylic acids is 2. The third kappa shape index (κ3) is 4.56. The molecule has 3 N–H and O–H groups in total. The number of amides is 2. The molecule has 0 bridgehead atoms. The van der Waals surface area contributed by atoms with E-state index in [0.29, 0.717) is 6.54 Å². The van der Waals surface area contributed by atoms with Crippen LogP contribution in [0.25, 0.3) is 0 Å². The summed E-state index contributed by atoms with van der Waals surface area (Å²) in [5.74, 6) is -0.282. The summed E-state index contributed by atoms with van der Waals surface area (Å²) in [4.78, 5) is 25.3. The van der Waals surface area contributed by atoms with Crippen LogP contribution in [0, 0.1) is 19.8 Å². The van der Waals surface area contributed by atoms with Crippen LogP contribution in [-0.4, -0.2) is 36.3 Å². The molecule has 21 heavy (non-hydrogen) atoms. The summed E-state index contributed by atoms with van der Waals surface area (Å²) in [6.45, 7) is 5.87. The standard InChI is InChI=1S/C16H23N3O2/c1-11-7-12(2)9-14(8-11)18-15(20)10-19-5-3-13(4-6-19)16(17)21/h7-9,13H,3-6,10H2,1-2H3,(H2,17,21)(H,18,20). The van der Waals surface area contributed by atoms with Crippen molar-refractivity contribution in [1.82, 2.24) is 4.90 Å². The van der Waals surface area contributed by atoms with Crippen molar-refractivity contribution in [2.75, 3.05) is 25.0 Å². The van der Waals surface area contributed by atoms with Gasteiger partial charge in [0.15, 0.2) is 0 Å². The lowest BCUT2D eigenvalue weighted by molar-refractivity contribution is -0.123. The van der Waals surface area contributed by atoms with Crippen LogP contribution in [0.15, 0.2) is 18.2 Å². The molecule has 1 fully saturated rings. The minimum atomic E-state index is -0.227. The SMILES string of the molecule is Cc1cc(C)cc(NC(=O)CN2CCC(C(N)=O)CC2)c1. The molecule has 0 radical (unpaired) electrons. The number of nitrogens with zero attached hydrogens (tertiary/aromatic N) is 1. The summed E-state index contributed by atoms with van der Waals surface area (Å²) in [7, 11) is 0. The lowest BCUT2D eigenvalue weighted by Gasteiger charge is -2.29. The Balaban J connectivity index is 1.84. The van der Waals surface area contributed by atoms with E-state index in [1.807, 2.05) is 26.0 Å². The molecule has 5 nitrogen and oxygen atoms in total. The molecule has 1 aliphatic heterocycles. The van der Waals surface area contributed by atoms with Gasteiger partial charge in [0.2, 0.25) is 11.8 Å². The van der Waals surface area contributed by atoms with Crippen LogP contribution in [0.4, 0.5) is 5.69 Å². The predicted octanol–water partition coefficient (Wildman–Crippen LogP) is 1.44. The van der Waals surface area contributed by atoms with Crippen LogP contribution in [0.1, 0.15) is 24.0 Å². The highest BCUT2D eigenvalue weighted by molar-refractivity contribution is 5.92. The van der Waals surface area contributed by atoms with Gasteiger partial charge < -0.3 is 11.1 Å². The minimum absolute atomic E-state index is 0.0162. The summed E-state index contributed by atoms with van der Waals surface area (Å²) < 4.78 is 0. The van der Waals surface area contributed by atoms with Gasteiger partial charge in [0, 0.05) is 11.6 Å². The first-order valence-corrected chi connectivity index (χ1v) is 7.34. The Labute approximate surface area is 125 Å². The molecule has 1 aromatic rings.